The third-order valence-corrected chi connectivity index (χ3v) is 6.29. The van der Waals surface area contributed by atoms with Gasteiger partial charge in [0.05, 0.1) is 11.1 Å². The summed E-state index contributed by atoms with van der Waals surface area (Å²) in [5.74, 6) is -0.157. The number of nitrogens with zero attached hydrogens (tertiary/aromatic N) is 6. The van der Waals surface area contributed by atoms with Crippen LogP contribution in [-0.4, -0.2) is 66.9 Å². The van der Waals surface area contributed by atoms with Crippen molar-refractivity contribution >= 4 is 35.3 Å². The number of piperazine rings is 1. The number of imidazole rings is 1. The number of ether oxygens (including phenoxy) is 1. The lowest BCUT2D eigenvalue weighted by atomic mass is 9.98. The van der Waals surface area contributed by atoms with Gasteiger partial charge in [0.2, 0.25) is 5.95 Å². The number of carbonyl (C=O) groups is 2. The fourth-order valence-electron chi connectivity index (χ4n) is 4.16. The van der Waals surface area contributed by atoms with Gasteiger partial charge in [-0.2, -0.15) is 4.98 Å². The van der Waals surface area contributed by atoms with Gasteiger partial charge in [-0.3, -0.25) is 18.7 Å². The number of aryl methyl sites for hydroxylation is 1. The zero-order valence-corrected chi connectivity index (χ0v) is 21.3. The largest absolute Gasteiger partial charge is 0.465 e. The maximum Gasteiger partial charge on any atom is 0.407 e. The molecule has 0 saturated carbocycles. The first-order valence-corrected chi connectivity index (χ1v) is 11.8. The van der Waals surface area contributed by atoms with E-state index in [9.17, 15) is 24.3 Å². The molecule has 1 amide bonds. The summed E-state index contributed by atoms with van der Waals surface area (Å²) in [6, 6.07) is 7.30. The van der Waals surface area contributed by atoms with Gasteiger partial charge in [0, 0.05) is 33.2 Å². The van der Waals surface area contributed by atoms with E-state index in [2.05, 4.69) is 11.6 Å². The monoisotopic (exact) mass is 510 g/mol. The zero-order chi connectivity index (χ0) is 27.1. The first-order valence-electron chi connectivity index (χ1n) is 11.8. The van der Waals surface area contributed by atoms with Gasteiger partial charge in [-0.25, -0.2) is 14.2 Å². The number of amides is 1. The average Bonchev–Trinajstić information content (AvgIpc) is 3.27. The Hall–Kier alpha value is -4.35. The molecular weight excluding hydrogens is 480 g/mol. The number of hydrogen-bond acceptors (Lipinski definition) is 7. The Kier molecular flexibility index (Phi) is 6.68. The lowest BCUT2D eigenvalue weighted by Gasteiger charge is -2.34. The molecule has 37 heavy (non-hydrogen) atoms. The lowest BCUT2D eigenvalue weighted by Crippen LogP contribution is -2.49. The molecule has 1 saturated heterocycles. The number of fused-ring (bicyclic) bond motifs is 1. The minimum atomic E-state index is -1.000. The molecule has 0 radical (unpaired) electrons. The molecule has 2 aromatic heterocycles. The first-order chi connectivity index (χ1) is 17.5. The molecule has 196 valence electrons. The summed E-state index contributed by atoms with van der Waals surface area (Å²) in [5.41, 5.74) is -0.531. The van der Waals surface area contributed by atoms with Crippen LogP contribution in [0.4, 0.5) is 10.7 Å². The molecule has 12 nitrogen and oxygen atoms in total. The van der Waals surface area contributed by atoms with Crippen molar-refractivity contribution in [1.82, 2.24) is 23.6 Å². The van der Waals surface area contributed by atoms with E-state index in [0.717, 1.165) is 10.1 Å². The Morgan fingerprint density at radius 3 is 2.38 bits per heavy atom. The molecule has 1 fully saturated rings. The van der Waals surface area contributed by atoms with Crippen molar-refractivity contribution in [3.05, 3.63) is 57.2 Å². The van der Waals surface area contributed by atoms with E-state index in [-0.39, 0.29) is 24.3 Å². The molecule has 0 unspecified atom stereocenters. The Morgan fingerprint density at radius 2 is 1.78 bits per heavy atom. The molecule has 3 heterocycles. The summed E-state index contributed by atoms with van der Waals surface area (Å²) < 4.78 is 9.07. The second-order valence-corrected chi connectivity index (χ2v) is 9.82. The summed E-state index contributed by atoms with van der Waals surface area (Å²) in [6.45, 7) is 9.57. The normalized spacial score (nSPS) is 14.2. The minimum absolute atomic E-state index is 0.124. The van der Waals surface area contributed by atoms with E-state index >= 15 is 0 Å². The van der Waals surface area contributed by atoms with Crippen LogP contribution in [0.25, 0.3) is 22.9 Å². The van der Waals surface area contributed by atoms with E-state index in [1.807, 2.05) is 29.2 Å². The summed E-state index contributed by atoms with van der Waals surface area (Å²) in [4.78, 5) is 58.5. The highest BCUT2D eigenvalue weighted by atomic mass is 16.5. The molecule has 1 aromatic carbocycles. The quantitative estimate of drug-likeness (QED) is 0.515. The van der Waals surface area contributed by atoms with Gasteiger partial charge in [-0.1, -0.05) is 30.9 Å². The van der Waals surface area contributed by atoms with Crippen molar-refractivity contribution in [1.29, 1.82) is 0 Å². The molecule has 0 atom stereocenters. The molecule has 12 heteroatoms. The van der Waals surface area contributed by atoms with Crippen molar-refractivity contribution in [2.75, 3.05) is 31.1 Å². The van der Waals surface area contributed by atoms with Crippen LogP contribution in [0.15, 0.2) is 40.4 Å². The Labute approximate surface area is 212 Å². The minimum Gasteiger partial charge on any atom is -0.465 e. The van der Waals surface area contributed by atoms with E-state index in [4.69, 9.17) is 4.74 Å². The molecule has 3 aromatic rings. The van der Waals surface area contributed by atoms with Crippen LogP contribution >= 0.6 is 0 Å². The van der Waals surface area contributed by atoms with Crippen LogP contribution < -0.4 is 16.1 Å². The molecule has 1 aliphatic heterocycles. The second kappa shape index (κ2) is 9.60. The molecule has 0 bridgehead atoms. The maximum absolute atomic E-state index is 13.8. The second-order valence-electron chi connectivity index (χ2n) is 9.82. The van der Waals surface area contributed by atoms with Gasteiger partial charge in [0.25, 0.3) is 5.56 Å². The number of para-hydroxylation sites is 1. The number of carboxylic acid groups (broad SMARTS) is 1. The summed E-state index contributed by atoms with van der Waals surface area (Å²) in [7, 11) is 1.50. The number of aromatic nitrogens is 4. The summed E-state index contributed by atoms with van der Waals surface area (Å²) >= 11 is 0. The molecular formula is C25H30N6O6. The van der Waals surface area contributed by atoms with Gasteiger partial charge in [-0.15, -0.1) is 0 Å². The highest BCUT2D eigenvalue weighted by Crippen LogP contribution is 2.28. The smallest absolute Gasteiger partial charge is 0.407 e. The molecule has 0 spiro atoms. The predicted molar refractivity (Wildman–Crippen MR) is 138 cm³/mol. The average molecular weight is 511 g/mol. The Morgan fingerprint density at radius 1 is 1.14 bits per heavy atom. The standard InChI is InChI=1S/C25H30N6O6/c1-6-16-9-7-8-10-17(16)31-18-19(26-22(31)28-11-13-29(14-12-28)24(35)36)27(5)23(34)30(20(18)32)15-37-21(33)25(2,3)4/h6-10H,1,11-15H2,2-5H3,(H,35,36). The van der Waals surface area contributed by atoms with E-state index < -0.39 is 35.5 Å². The van der Waals surface area contributed by atoms with Gasteiger partial charge in [0.1, 0.15) is 0 Å². The first kappa shape index (κ1) is 25.7. The van der Waals surface area contributed by atoms with E-state index in [0.29, 0.717) is 24.7 Å². The molecule has 4 rings (SSSR count). The number of anilines is 1. The van der Waals surface area contributed by atoms with Crippen LogP contribution in [-0.2, 0) is 23.3 Å². The number of hydrogen-bond donors (Lipinski definition) is 1. The van der Waals surface area contributed by atoms with E-state index in [1.54, 1.807) is 31.4 Å². The zero-order valence-electron chi connectivity index (χ0n) is 21.3. The van der Waals surface area contributed by atoms with Crippen molar-refractivity contribution in [2.24, 2.45) is 12.5 Å². The third kappa shape index (κ3) is 4.61. The topological polar surface area (TPSA) is 132 Å². The Bertz CT molecular complexity index is 1500. The molecule has 1 N–H and O–H groups in total. The van der Waals surface area contributed by atoms with Gasteiger partial charge >= 0.3 is 17.8 Å². The maximum atomic E-state index is 13.8. The highest BCUT2D eigenvalue weighted by Gasteiger charge is 2.29. The van der Waals surface area contributed by atoms with Gasteiger partial charge < -0.3 is 19.6 Å². The van der Waals surface area contributed by atoms with Crippen LogP contribution in [0.2, 0.25) is 0 Å². The summed E-state index contributed by atoms with van der Waals surface area (Å²) in [5, 5.41) is 9.34. The fraction of sp³-hybridized carbons (Fsp3) is 0.400. The third-order valence-electron chi connectivity index (χ3n) is 6.29. The molecule has 0 aliphatic carbocycles. The number of carbonyl (C=O) groups excluding carboxylic acids is 1. The van der Waals surface area contributed by atoms with Crippen LogP contribution in [0.1, 0.15) is 26.3 Å². The lowest BCUT2D eigenvalue weighted by molar-refractivity contribution is -0.157. The van der Waals surface area contributed by atoms with Gasteiger partial charge in [-0.05, 0) is 32.4 Å². The number of rotatable bonds is 5. The Balaban J connectivity index is 1.94. The van der Waals surface area contributed by atoms with Crippen LogP contribution in [0.3, 0.4) is 0 Å². The number of esters is 1. The van der Waals surface area contributed by atoms with E-state index in [1.165, 1.54) is 16.5 Å². The van der Waals surface area contributed by atoms with Crippen molar-refractivity contribution < 1.29 is 19.4 Å². The summed E-state index contributed by atoms with van der Waals surface area (Å²) in [6.07, 6.45) is 0.652. The van der Waals surface area contributed by atoms with Crippen molar-refractivity contribution in [2.45, 2.75) is 27.5 Å². The van der Waals surface area contributed by atoms with Crippen LogP contribution in [0, 0.1) is 5.41 Å². The van der Waals surface area contributed by atoms with Gasteiger partial charge in [0.15, 0.2) is 17.9 Å². The van der Waals surface area contributed by atoms with Crippen molar-refractivity contribution in [3.8, 4) is 5.69 Å². The predicted octanol–water partition coefficient (Wildman–Crippen LogP) is 1.88. The SMILES string of the molecule is C=Cc1ccccc1-n1c(N2CCN(C(=O)O)CC2)nc2c1c(=O)n(COC(=O)C(C)(C)C)c(=O)n2C. The van der Waals surface area contributed by atoms with Crippen molar-refractivity contribution in [3.63, 3.8) is 0 Å². The molecule has 1 aliphatic rings. The van der Waals surface area contributed by atoms with Crippen LogP contribution in [0.5, 0.6) is 0 Å². The number of benzene rings is 1. The highest BCUT2D eigenvalue weighted by molar-refractivity contribution is 5.80. The fourth-order valence-corrected chi connectivity index (χ4v) is 4.16.